The largest absolute Gasteiger partial charge is 0.466 e. The van der Waals surface area contributed by atoms with Crippen LogP contribution in [0.1, 0.15) is 20.8 Å². The Balaban J connectivity index is -0.000000120. The smallest absolute Gasteiger partial charge is 0.332 e. The van der Waals surface area contributed by atoms with Gasteiger partial charge in [-0.05, 0) is 41.9 Å². The van der Waals surface area contributed by atoms with Gasteiger partial charge in [0.2, 0.25) is 0 Å². The van der Waals surface area contributed by atoms with Crippen LogP contribution in [-0.4, -0.2) is 64.8 Å². The molecule has 25 heavy (non-hydrogen) atoms. The molecule has 0 aromatic heterocycles. The van der Waals surface area contributed by atoms with Crippen molar-refractivity contribution < 1.29 is 28.6 Å². The third-order valence-electron chi connectivity index (χ3n) is 1.52. The fraction of sp³-hybridized carbons (Fsp3) is 0.500. The van der Waals surface area contributed by atoms with Crippen LogP contribution in [0, 0.1) is 0 Å². The Morgan fingerprint density at radius 2 is 1.20 bits per heavy atom. The molecule has 0 N–H and O–H groups in total. The molecule has 0 spiro atoms. The van der Waals surface area contributed by atoms with Crippen molar-refractivity contribution in [1.29, 1.82) is 0 Å². The lowest BCUT2D eigenvalue weighted by atomic mass is 10.4. The molecule has 0 bridgehead atoms. The van der Waals surface area contributed by atoms with Crippen molar-refractivity contribution in [3.05, 3.63) is 37.0 Å². The SMILES string of the molecule is C=C(C)C(=O)OC.C=C(C)C(=O)OC.C=CC(=O)OCC.CN(C)C. The van der Waals surface area contributed by atoms with Gasteiger partial charge < -0.3 is 19.1 Å². The van der Waals surface area contributed by atoms with E-state index < -0.39 is 0 Å². The standard InChI is InChI=1S/3C5H8O2.C3H9N/c2*1-4(2)5(6)7-3;1-3-5(6)7-4-2;1-4(2)3/h2*1H2,2-3H3;3H,1,4H2,2H3;1-3H3. The van der Waals surface area contributed by atoms with Crippen LogP contribution in [0.2, 0.25) is 0 Å². The number of hydrogen-bond acceptors (Lipinski definition) is 7. The highest BCUT2D eigenvalue weighted by atomic mass is 16.5. The van der Waals surface area contributed by atoms with Crippen molar-refractivity contribution in [3.63, 3.8) is 0 Å². The fourth-order valence-electron chi connectivity index (χ4n) is 0.550. The number of nitrogens with zero attached hydrogens (tertiary/aromatic N) is 1. The van der Waals surface area contributed by atoms with Crippen LogP contribution in [0.3, 0.4) is 0 Å². The zero-order chi connectivity index (χ0) is 21.0. The first kappa shape index (κ1) is 30.5. The molecule has 0 radical (unpaired) electrons. The number of methoxy groups -OCH3 is 2. The summed E-state index contributed by atoms with van der Waals surface area (Å²) in [6, 6.07) is 0. The maximum absolute atomic E-state index is 10.2. The highest BCUT2D eigenvalue weighted by Gasteiger charge is 1.96. The summed E-state index contributed by atoms with van der Waals surface area (Å²) in [6.45, 7) is 15.3. The monoisotopic (exact) mass is 359 g/mol. The molecule has 0 heterocycles. The summed E-state index contributed by atoms with van der Waals surface area (Å²) in [5.74, 6) is -1.05. The van der Waals surface area contributed by atoms with E-state index in [-0.39, 0.29) is 17.9 Å². The molecule has 7 nitrogen and oxygen atoms in total. The minimum Gasteiger partial charge on any atom is -0.466 e. The van der Waals surface area contributed by atoms with E-state index in [9.17, 15) is 14.4 Å². The second kappa shape index (κ2) is 21.6. The van der Waals surface area contributed by atoms with Crippen LogP contribution in [-0.2, 0) is 28.6 Å². The van der Waals surface area contributed by atoms with Crippen LogP contribution in [0.15, 0.2) is 37.0 Å². The molecular weight excluding hydrogens is 326 g/mol. The molecule has 7 heteroatoms. The van der Waals surface area contributed by atoms with Crippen LogP contribution in [0.25, 0.3) is 0 Å². The first-order chi connectivity index (χ1) is 11.4. The summed E-state index contributed by atoms with van der Waals surface area (Å²) in [5.41, 5.74) is 0.866. The molecule has 146 valence electrons. The highest BCUT2D eigenvalue weighted by Crippen LogP contribution is 1.87. The quantitative estimate of drug-likeness (QED) is 0.433. The molecule has 0 saturated heterocycles. The van der Waals surface area contributed by atoms with Gasteiger partial charge in [0, 0.05) is 17.2 Å². The van der Waals surface area contributed by atoms with E-state index in [1.807, 2.05) is 26.0 Å². The summed E-state index contributed by atoms with van der Waals surface area (Å²) in [6.07, 6.45) is 1.14. The Kier molecular flexibility index (Phi) is 26.3. The lowest BCUT2D eigenvalue weighted by molar-refractivity contribution is -0.137. The van der Waals surface area contributed by atoms with Crippen molar-refractivity contribution in [3.8, 4) is 0 Å². The number of esters is 3. The van der Waals surface area contributed by atoms with Gasteiger partial charge in [-0.2, -0.15) is 0 Å². The van der Waals surface area contributed by atoms with E-state index in [1.165, 1.54) is 14.2 Å². The van der Waals surface area contributed by atoms with Gasteiger partial charge in [0.05, 0.1) is 20.8 Å². The molecule has 0 aliphatic heterocycles. The zero-order valence-corrected chi connectivity index (χ0v) is 16.8. The van der Waals surface area contributed by atoms with E-state index in [0.717, 1.165) is 6.08 Å². The van der Waals surface area contributed by atoms with Gasteiger partial charge in [-0.25, -0.2) is 14.4 Å². The molecule has 0 atom stereocenters. The molecule has 0 unspecified atom stereocenters. The molecular formula is C18H33NO6. The molecule has 0 aliphatic carbocycles. The molecule has 0 amide bonds. The lowest BCUT2D eigenvalue weighted by Crippen LogP contribution is -1.99. The number of rotatable bonds is 4. The minimum absolute atomic E-state index is 0.347. The normalized spacial score (nSPS) is 7.88. The average Bonchev–Trinajstić information content (AvgIpc) is 2.53. The second-order valence-electron chi connectivity index (χ2n) is 4.84. The van der Waals surface area contributed by atoms with E-state index >= 15 is 0 Å². The van der Waals surface area contributed by atoms with Crippen LogP contribution in [0.4, 0.5) is 0 Å². The average molecular weight is 359 g/mol. The molecule has 0 rings (SSSR count). The van der Waals surface area contributed by atoms with Gasteiger partial charge in [0.15, 0.2) is 0 Å². The lowest BCUT2D eigenvalue weighted by Gasteiger charge is -1.91. The van der Waals surface area contributed by atoms with E-state index in [0.29, 0.717) is 17.8 Å². The maximum atomic E-state index is 10.2. The molecule has 0 aromatic carbocycles. The van der Waals surface area contributed by atoms with Crippen molar-refractivity contribution >= 4 is 17.9 Å². The van der Waals surface area contributed by atoms with Gasteiger partial charge in [0.1, 0.15) is 0 Å². The first-order valence-corrected chi connectivity index (χ1v) is 7.28. The number of carbonyl (C=O) groups is 3. The topological polar surface area (TPSA) is 82.1 Å². The Morgan fingerprint density at radius 3 is 1.24 bits per heavy atom. The summed E-state index contributed by atoms with van der Waals surface area (Å²) in [7, 11) is 8.66. The van der Waals surface area contributed by atoms with Crippen LogP contribution >= 0.6 is 0 Å². The predicted octanol–water partition coefficient (Wildman–Crippen LogP) is 2.38. The summed E-state index contributed by atoms with van der Waals surface area (Å²) < 4.78 is 13.0. The number of ether oxygens (including phenoxy) is 3. The Labute approximate surface area is 151 Å². The maximum Gasteiger partial charge on any atom is 0.332 e. The highest BCUT2D eigenvalue weighted by molar-refractivity contribution is 5.87. The van der Waals surface area contributed by atoms with Gasteiger partial charge in [-0.15, -0.1) is 0 Å². The van der Waals surface area contributed by atoms with Gasteiger partial charge in [-0.1, -0.05) is 19.7 Å². The van der Waals surface area contributed by atoms with Gasteiger partial charge >= 0.3 is 17.9 Å². The van der Waals surface area contributed by atoms with Crippen molar-refractivity contribution in [2.45, 2.75) is 20.8 Å². The van der Waals surface area contributed by atoms with E-state index in [2.05, 4.69) is 33.9 Å². The minimum atomic E-state index is -0.359. The molecule has 0 aliphatic rings. The Hall–Kier alpha value is -2.41. The summed E-state index contributed by atoms with van der Waals surface area (Å²) in [5, 5.41) is 0. The predicted molar refractivity (Wildman–Crippen MR) is 100 cm³/mol. The number of carbonyl (C=O) groups excluding carboxylic acids is 3. The third kappa shape index (κ3) is 38.9. The fourth-order valence-corrected chi connectivity index (χ4v) is 0.550. The molecule has 0 aromatic rings. The van der Waals surface area contributed by atoms with E-state index in [4.69, 9.17) is 0 Å². The Bertz CT molecular complexity index is 396. The van der Waals surface area contributed by atoms with Crippen LogP contribution in [0.5, 0.6) is 0 Å². The summed E-state index contributed by atoms with van der Waals surface area (Å²) in [4.78, 5) is 32.5. The van der Waals surface area contributed by atoms with Crippen molar-refractivity contribution in [2.24, 2.45) is 0 Å². The first-order valence-electron chi connectivity index (χ1n) is 7.28. The van der Waals surface area contributed by atoms with Gasteiger partial charge in [-0.3, -0.25) is 0 Å². The van der Waals surface area contributed by atoms with E-state index in [1.54, 1.807) is 20.8 Å². The zero-order valence-electron chi connectivity index (χ0n) is 16.8. The van der Waals surface area contributed by atoms with Crippen LogP contribution < -0.4 is 0 Å². The van der Waals surface area contributed by atoms with Crippen molar-refractivity contribution in [2.75, 3.05) is 42.0 Å². The molecule has 0 fully saturated rings. The second-order valence-corrected chi connectivity index (χ2v) is 4.84. The van der Waals surface area contributed by atoms with Gasteiger partial charge in [0.25, 0.3) is 0 Å². The number of hydrogen-bond donors (Lipinski definition) is 0. The summed E-state index contributed by atoms with van der Waals surface area (Å²) >= 11 is 0. The third-order valence-corrected chi connectivity index (χ3v) is 1.52. The molecule has 0 saturated carbocycles. The van der Waals surface area contributed by atoms with Crippen molar-refractivity contribution in [1.82, 2.24) is 4.90 Å². The Morgan fingerprint density at radius 1 is 0.920 bits per heavy atom.